The van der Waals surface area contributed by atoms with E-state index < -0.39 is 0 Å². The van der Waals surface area contributed by atoms with Gasteiger partial charge in [0, 0.05) is 11.3 Å². The fourth-order valence-corrected chi connectivity index (χ4v) is 2.95. The van der Waals surface area contributed by atoms with Gasteiger partial charge in [0.15, 0.2) is 6.61 Å². The summed E-state index contributed by atoms with van der Waals surface area (Å²) in [5, 5.41) is 2.82. The zero-order valence-electron chi connectivity index (χ0n) is 15.8. The molecule has 4 rings (SSSR count). The van der Waals surface area contributed by atoms with Crippen LogP contribution in [-0.4, -0.2) is 22.5 Å². The van der Waals surface area contributed by atoms with Gasteiger partial charge in [-0.3, -0.25) is 4.79 Å². The van der Waals surface area contributed by atoms with Crippen molar-refractivity contribution in [3.05, 3.63) is 77.9 Å². The predicted molar refractivity (Wildman–Crippen MR) is 112 cm³/mol. The molecule has 0 aliphatic rings. The number of ether oxygens (including phenoxy) is 1. The molecule has 0 radical (unpaired) electrons. The van der Waals surface area contributed by atoms with Gasteiger partial charge in [-0.05, 0) is 67.9 Å². The molecule has 0 atom stereocenters. The maximum absolute atomic E-state index is 12.0. The standard InChI is InChI=1S/C23H21N3O2/c1-15-3-8-18(9-4-15)24-22(27)14-28-19-10-6-17(7-11-19)23-25-20-12-5-16(2)13-21(20)26-23/h3-13H,14H2,1-2H3,(H,24,27)(H,25,26). The number of nitrogens with one attached hydrogen (secondary N) is 2. The Morgan fingerprint density at radius 1 is 0.964 bits per heavy atom. The van der Waals surface area contributed by atoms with Gasteiger partial charge in [0.25, 0.3) is 5.91 Å². The monoisotopic (exact) mass is 371 g/mol. The summed E-state index contributed by atoms with van der Waals surface area (Å²) in [6.07, 6.45) is 0. The van der Waals surface area contributed by atoms with Crippen molar-refractivity contribution in [2.24, 2.45) is 0 Å². The number of amides is 1. The number of aromatic nitrogens is 2. The second-order valence-electron chi connectivity index (χ2n) is 6.83. The number of imidazole rings is 1. The van der Waals surface area contributed by atoms with Crippen LogP contribution in [0, 0.1) is 13.8 Å². The molecule has 1 heterocycles. The van der Waals surface area contributed by atoms with E-state index in [1.54, 1.807) is 0 Å². The lowest BCUT2D eigenvalue weighted by atomic mass is 10.2. The van der Waals surface area contributed by atoms with Crippen molar-refractivity contribution in [3.8, 4) is 17.1 Å². The van der Waals surface area contributed by atoms with Gasteiger partial charge in [-0.15, -0.1) is 0 Å². The number of carbonyl (C=O) groups excluding carboxylic acids is 1. The molecule has 0 fully saturated rings. The third-order valence-electron chi connectivity index (χ3n) is 4.47. The third-order valence-corrected chi connectivity index (χ3v) is 4.47. The highest BCUT2D eigenvalue weighted by Crippen LogP contribution is 2.23. The normalized spacial score (nSPS) is 10.8. The van der Waals surface area contributed by atoms with Crippen LogP contribution in [0.15, 0.2) is 66.7 Å². The van der Waals surface area contributed by atoms with Crippen molar-refractivity contribution in [2.75, 3.05) is 11.9 Å². The number of hydrogen-bond acceptors (Lipinski definition) is 3. The van der Waals surface area contributed by atoms with Crippen LogP contribution in [0.4, 0.5) is 5.69 Å². The summed E-state index contributed by atoms with van der Waals surface area (Å²) in [5.41, 5.74) is 6.01. The van der Waals surface area contributed by atoms with Gasteiger partial charge in [-0.25, -0.2) is 4.98 Å². The van der Waals surface area contributed by atoms with Crippen molar-refractivity contribution < 1.29 is 9.53 Å². The minimum Gasteiger partial charge on any atom is -0.484 e. The van der Waals surface area contributed by atoms with Gasteiger partial charge in [0.2, 0.25) is 0 Å². The summed E-state index contributed by atoms with van der Waals surface area (Å²) in [5.74, 6) is 1.25. The molecule has 5 nitrogen and oxygen atoms in total. The van der Waals surface area contributed by atoms with Gasteiger partial charge in [0.05, 0.1) is 11.0 Å². The molecule has 0 unspecified atom stereocenters. The van der Waals surface area contributed by atoms with E-state index in [4.69, 9.17) is 4.74 Å². The SMILES string of the molecule is Cc1ccc(NC(=O)COc2ccc(-c3nc4ccc(C)cc4[nH]3)cc2)cc1. The Labute approximate surface area is 163 Å². The second kappa shape index (κ2) is 7.56. The first-order valence-corrected chi connectivity index (χ1v) is 9.13. The van der Waals surface area contributed by atoms with E-state index in [1.165, 1.54) is 5.56 Å². The average molecular weight is 371 g/mol. The van der Waals surface area contributed by atoms with Gasteiger partial charge in [-0.2, -0.15) is 0 Å². The molecule has 2 N–H and O–H groups in total. The summed E-state index contributed by atoms with van der Waals surface area (Å²) in [6, 6.07) is 21.3. The Morgan fingerprint density at radius 2 is 1.68 bits per heavy atom. The smallest absolute Gasteiger partial charge is 0.262 e. The quantitative estimate of drug-likeness (QED) is 0.526. The van der Waals surface area contributed by atoms with Gasteiger partial charge >= 0.3 is 0 Å². The Balaban J connectivity index is 1.38. The predicted octanol–water partition coefficient (Wildman–Crippen LogP) is 4.86. The highest BCUT2D eigenvalue weighted by Gasteiger charge is 2.07. The fraction of sp³-hybridized carbons (Fsp3) is 0.130. The molecule has 1 aromatic heterocycles. The van der Waals surface area contributed by atoms with E-state index in [9.17, 15) is 4.79 Å². The zero-order chi connectivity index (χ0) is 19.5. The lowest BCUT2D eigenvalue weighted by molar-refractivity contribution is -0.118. The zero-order valence-corrected chi connectivity index (χ0v) is 15.8. The number of hydrogen-bond donors (Lipinski definition) is 2. The van der Waals surface area contributed by atoms with Crippen LogP contribution < -0.4 is 10.1 Å². The summed E-state index contributed by atoms with van der Waals surface area (Å²) in [4.78, 5) is 20.0. The summed E-state index contributed by atoms with van der Waals surface area (Å²) >= 11 is 0. The molecule has 0 aliphatic carbocycles. The number of nitrogens with zero attached hydrogens (tertiary/aromatic N) is 1. The van der Waals surface area contributed by atoms with Crippen molar-refractivity contribution >= 4 is 22.6 Å². The highest BCUT2D eigenvalue weighted by atomic mass is 16.5. The number of H-pyrrole nitrogens is 1. The highest BCUT2D eigenvalue weighted by molar-refractivity contribution is 5.91. The third kappa shape index (κ3) is 4.04. The van der Waals surface area contributed by atoms with Crippen LogP contribution in [0.1, 0.15) is 11.1 Å². The molecule has 5 heteroatoms. The number of rotatable bonds is 5. The van der Waals surface area contributed by atoms with E-state index in [1.807, 2.05) is 67.6 Å². The molecular formula is C23H21N3O2. The number of aromatic amines is 1. The second-order valence-corrected chi connectivity index (χ2v) is 6.83. The van der Waals surface area contributed by atoms with Crippen LogP contribution in [-0.2, 0) is 4.79 Å². The first-order chi connectivity index (χ1) is 13.6. The van der Waals surface area contributed by atoms with Crippen molar-refractivity contribution in [3.63, 3.8) is 0 Å². The minimum atomic E-state index is -0.194. The Kier molecular flexibility index (Phi) is 4.81. The lowest BCUT2D eigenvalue weighted by Crippen LogP contribution is -2.20. The van der Waals surface area contributed by atoms with Gasteiger partial charge in [0.1, 0.15) is 11.6 Å². The number of aryl methyl sites for hydroxylation is 2. The van der Waals surface area contributed by atoms with Crippen LogP contribution in [0.3, 0.4) is 0 Å². The minimum absolute atomic E-state index is 0.0445. The Bertz CT molecular complexity index is 1110. The van der Waals surface area contributed by atoms with Crippen LogP contribution >= 0.6 is 0 Å². The maximum Gasteiger partial charge on any atom is 0.262 e. The molecule has 0 bridgehead atoms. The van der Waals surface area contributed by atoms with Crippen molar-refractivity contribution in [1.29, 1.82) is 0 Å². The molecule has 140 valence electrons. The Morgan fingerprint density at radius 3 is 2.43 bits per heavy atom. The molecule has 4 aromatic rings. The summed E-state index contributed by atoms with van der Waals surface area (Å²) in [7, 11) is 0. The number of fused-ring (bicyclic) bond motifs is 1. The van der Waals surface area contributed by atoms with Crippen molar-refractivity contribution in [2.45, 2.75) is 13.8 Å². The topological polar surface area (TPSA) is 67.0 Å². The molecule has 0 saturated carbocycles. The van der Waals surface area contributed by atoms with E-state index in [0.29, 0.717) is 5.75 Å². The van der Waals surface area contributed by atoms with Gasteiger partial charge in [-0.1, -0.05) is 23.8 Å². The lowest BCUT2D eigenvalue weighted by Gasteiger charge is -2.08. The van der Waals surface area contributed by atoms with E-state index >= 15 is 0 Å². The van der Waals surface area contributed by atoms with Crippen LogP contribution in [0.2, 0.25) is 0 Å². The molecule has 28 heavy (non-hydrogen) atoms. The van der Waals surface area contributed by atoms with Gasteiger partial charge < -0.3 is 15.0 Å². The van der Waals surface area contributed by atoms with Crippen LogP contribution in [0.25, 0.3) is 22.4 Å². The maximum atomic E-state index is 12.0. The van der Waals surface area contributed by atoms with Crippen molar-refractivity contribution in [1.82, 2.24) is 9.97 Å². The average Bonchev–Trinajstić information content (AvgIpc) is 3.12. The first-order valence-electron chi connectivity index (χ1n) is 9.13. The molecule has 3 aromatic carbocycles. The molecule has 0 saturated heterocycles. The molecule has 0 spiro atoms. The molecular weight excluding hydrogens is 350 g/mol. The number of carbonyl (C=O) groups is 1. The van der Waals surface area contributed by atoms with Crippen LogP contribution in [0.5, 0.6) is 5.75 Å². The number of benzene rings is 3. The largest absolute Gasteiger partial charge is 0.484 e. The van der Waals surface area contributed by atoms with E-state index in [2.05, 4.69) is 28.3 Å². The Hall–Kier alpha value is -3.60. The van der Waals surface area contributed by atoms with E-state index in [0.717, 1.165) is 33.7 Å². The fourth-order valence-electron chi connectivity index (χ4n) is 2.95. The van der Waals surface area contributed by atoms with E-state index in [-0.39, 0.29) is 12.5 Å². The summed E-state index contributed by atoms with van der Waals surface area (Å²) < 4.78 is 5.59. The summed E-state index contributed by atoms with van der Waals surface area (Å²) in [6.45, 7) is 4.02. The molecule has 1 amide bonds. The first kappa shape index (κ1) is 17.8. The molecule has 0 aliphatic heterocycles. The number of anilines is 1.